The van der Waals surface area contributed by atoms with Crippen molar-refractivity contribution in [1.82, 2.24) is 9.55 Å². The van der Waals surface area contributed by atoms with E-state index in [0.717, 1.165) is 28.1 Å². The van der Waals surface area contributed by atoms with Gasteiger partial charge in [-0.15, -0.1) is 0 Å². The zero-order valence-electron chi connectivity index (χ0n) is 18.3. The van der Waals surface area contributed by atoms with E-state index in [1.165, 1.54) is 11.3 Å². The van der Waals surface area contributed by atoms with Gasteiger partial charge in [0.05, 0.1) is 28.5 Å². The van der Waals surface area contributed by atoms with Gasteiger partial charge in [-0.25, -0.2) is 9.79 Å². The van der Waals surface area contributed by atoms with Crippen LogP contribution in [0.25, 0.3) is 6.08 Å². The lowest BCUT2D eigenvalue weighted by molar-refractivity contribution is -0.139. The van der Waals surface area contributed by atoms with E-state index in [4.69, 9.17) is 4.74 Å². The maximum Gasteiger partial charge on any atom is 0.338 e. The summed E-state index contributed by atoms with van der Waals surface area (Å²) < 4.78 is 7.52. The zero-order chi connectivity index (χ0) is 22.3. The number of allylic oxidation sites excluding steroid dienone is 1. The molecular weight excluding hydrogens is 410 g/mol. The molecule has 0 aliphatic carbocycles. The van der Waals surface area contributed by atoms with E-state index in [1.807, 2.05) is 57.2 Å². The molecule has 1 unspecified atom stereocenters. The number of hydrogen-bond donors (Lipinski definition) is 1. The monoisotopic (exact) mass is 435 g/mol. The smallest absolute Gasteiger partial charge is 0.338 e. The van der Waals surface area contributed by atoms with E-state index < -0.39 is 12.0 Å². The maximum atomic E-state index is 13.5. The maximum absolute atomic E-state index is 13.5. The normalized spacial score (nSPS) is 16.3. The minimum atomic E-state index is -0.577. The third-order valence-electron chi connectivity index (χ3n) is 5.39. The Morgan fingerprint density at radius 2 is 1.94 bits per heavy atom. The third kappa shape index (κ3) is 3.81. The molecule has 1 atom stereocenters. The van der Waals surface area contributed by atoms with Crippen LogP contribution in [0.3, 0.4) is 0 Å². The molecule has 0 saturated carbocycles. The number of nitrogens with one attached hydrogen (secondary N) is 1. The van der Waals surface area contributed by atoms with Crippen LogP contribution in [0.4, 0.5) is 0 Å². The average molecular weight is 436 g/mol. The Labute approximate surface area is 184 Å². The first kappa shape index (κ1) is 21.1. The van der Waals surface area contributed by atoms with Crippen LogP contribution in [0.2, 0.25) is 0 Å². The van der Waals surface area contributed by atoms with Crippen molar-refractivity contribution in [2.75, 3.05) is 6.61 Å². The molecule has 0 bridgehead atoms. The molecule has 31 heavy (non-hydrogen) atoms. The third-order valence-corrected chi connectivity index (χ3v) is 6.37. The average Bonchev–Trinajstić information content (AvgIpc) is 3.19. The first-order valence-corrected chi connectivity index (χ1v) is 11.0. The highest BCUT2D eigenvalue weighted by Gasteiger charge is 2.33. The predicted molar refractivity (Wildman–Crippen MR) is 122 cm³/mol. The Morgan fingerprint density at radius 3 is 2.55 bits per heavy atom. The molecule has 7 heteroatoms. The lowest BCUT2D eigenvalue weighted by Crippen LogP contribution is -2.39. The molecular formula is C24H25N3O3S. The molecule has 0 radical (unpaired) electrons. The van der Waals surface area contributed by atoms with Gasteiger partial charge in [0.15, 0.2) is 4.80 Å². The highest BCUT2D eigenvalue weighted by atomic mass is 32.1. The number of aryl methyl sites for hydroxylation is 3. The summed E-state index contributed by atoms with van der Waals surface area (Å²) in [6.45, 7) is 9.79. The van der Waals surface area contributed by atoms with Crippen molar-refractivity contribution >= 4 is 23.4 Å². The van der Waals surface area contributed by atoms with Gasteiger partial charge in [-0.1, -0.05) is 41.2 Å². The van der Waals surface area contributed by atoms with Crippen LogP contribution in [-0.4, -0.2) is 22.1 Å². The fourth-order valence-electron chi connectivity index (χ4n) is 3.89. The minimum absolute atomic E-state index is 0.165. The van der Waals surface area contributed by atoms with Crippen LogP contribution in [0, 0.1) is 20.8 Å². The SMILES string of the molecule is CCOC(=O)C1=C(C)N=c2s/c(=C\c3cc(C)[nH]c3C)c(=O)n2C1c1ccc(C)cc1. The van der Waals surface area contributed by atoms with Crippen LogP contribution in [-0.2, 0) is 9.53 Å². The number of carbonyl (C=O) groups excluding carboxylic acids is 1. The molecule has 0 amide bonds. The number of thiazole rings is 1. The van der Waals surface area contributed by atoms with Gasteiger partial charge in [0, 0.05) is 11.4 Å². The van der Waals surface area contributed by atoms with Crippen molar-refractivity contribution < 1.29 is 9.53 Å². The Hall–Kier alpha value is -3.19. The van der Waals surface area contributed by atoms with Crippen molar-refractivity contribution in [2.45, 2.75) is 40.7 Å². The standard InChI is InChI=1S/C24H25N3O3S/c1-6-30-23(29)20-16(5)26-24-27(21(20)17-9-7-13(2)8-10-17)22(28)19(31-24)12-18-11-14(3)25-15(18)4/h7-12,21,25H,6H2,1-5H3/b19-12-. The largest absolute Gasteiger partial charge is 0.463 e. The number of benzene rings is 1. The molecule has 4 rings (SSSR count). The summed E-state index contributed by atoms with van der Waals surface area (Å²) in [7, 11) is 0. The van der Waals surface area contributed by atoms with Gasteiger partial charge in [-0.05, 0) is 57.9 Å². The van der Waals surface area contributed by atoms with E-state index in [2.05, 4.69) is 9.98 Å². The van der Waals surface area contributed by atoms with Crippen LogP contribution in [0.1, 0.15) is 48.0 Å². The van der Waals surface area contributed by atoms with Crippen molar-refractivity contribution in [3.63, 3.8) is 0 Å². The molecule has 0 fully saturated rings. The van der Waals surface area contributed by atoms with Crippen molar-refractivity contribution in [2.24, 2.45) is 4.99 Å². The first-order valence-electron chi connectivity index (χ1n) is 10.2. The zero-order valence-corrected chi connectivity index (χ0v) is 19.1. The molecule has 0 spiro atoms. The highest BCUT2D eigenvalue weighted by Crippen LogP contribution is 2.30. The summed E-state index contributed by atoms with van der Waals surface area (Å²) in [4.78, 5) is 34.8. The molecule has 3 heterocycles. The van der Waals surface area contributed by atoms with Crippen molar-refractivity contribution in [3.8, 4) is 0 Å². The van der Waals surface area contributed by atoms with Gasteiger partial charge in [0.2, 0.25) is 0 Å². The number of aromatic amines is 1. The minimum Gasteiger partial charge on any atom is -0.463 e. The molecule has 1 aliphatic rings. The Kier molecular flexibility index (Phi) is 5.54. The second-order valence-corrected chi connectivity index (χ2v) is 8.75. The van der Waals surface area contributed by atoms with E-state index >= 15 is 0 Å². The molecule has 6 nitrogen and oxygen atoms in total. The van der Waals surface area contributed by atoms with E-state index in [-0.39, 0.29) is 12.2 Å². The number of ether oxygens (including phenoxy) is 1. The predicted octanol–water partition coefficient (Wildman–Crippen LogP) is 3.05. The Balaban J connectivity index is 1.97. The molecule has 2 aromatic heterocycles. The topological polar surface area (TPSA) is 76.4 Å². The number of nitrogens with zero attached hydrogens (tertiary/aromatic N) is 2. The fourth-order valence-corrected chi connectivity index (χ4v) is 4.93. The van der Waals surface area contributed by atoms with Crippen LogP contribution < -0.4 is 14.9 Å². The molecule has 3 aromatic rings. The number of H-pyrrole nitrogens is 1. The number of rotatable bonds is 4. The number of aromatic nitrogens is 2. The quantitative estimate of drug-likeness (QED) is 0.640. The second kappa shape index (κ2) is 8.15. The summed E-state index contributed by atoms with van der Waals surface area (Å²) in [6.07, 6.45) is 1.89. The van der Waals surface area contributed by atoms with Gasteiger partial charge in [-0.3, -0.25) is 9.36 Å². The van der Waals surface area contributed by atoms with Gasteiger partial charge >= 0.3 is 5.97 Å². The molecule has 1 N–H and O–H groups in total. The van der Waals surface area contributed by atoms with Crippen LogP contribution >= 0.6 is 11.3 Å². The summed E-state index contributed by atoms with van der Waals surface area (Å²) in [5.74, 6) is -0.444. The summed E-state index contributed by atoms with van der Waals surface area (Å²) in [5, 5.41) is 0. The number of fused-ring (bicyclic) bond motifs is 1. The molecule has 0 saturated heterocycles. The molecule has 160 valence electrons. The van der Waals surface area contributed by atoms with Gasteiger partial charge in [0.1, 0.15) is 0 Å². The van der Waals surface area contributed by atoms with Crippen molar-refractivity contribution in [3.05, 3.63) is 89.4 Å². The van der Waals surface area contributed by atoms with Crippen LogP contribution in [0.15, 0.2) is 51.4 Å². The summed E-state index contributed by atoms with van der Waals surface area (Å²) in [5.41, 5.74) is 5.77. The van der Waals surface area contributed by atoms with Crippen molar-refractivity contribution in [1.29, 1.82) is 0 Å². The first-order chi connectivity index (χ1) is 14.8. The molecule has 1 aromatic carbocycles. The highest BCUT2D eigenvalue weighted by molar-refractivity contribution is 7.07. The van der Waals surface area contributed by atoms with Gasteiger partial charge in [-0.2, -0.15) is 0 Å². The van der Waals surface area contributed by atoms with E-state index in [9.17, 15) is 9.59 Å². The lowest BCUT2D eigenvalue weighted by atomic mass is 9.95. The summed E-state index contributed by atoms with van der Waals surface area (Å²) in [6, 6.07) is 9.31. The summed E-state index contributed by atoms with van der Waals surface area (Å²) >= 11 is 1.34. The number of carbonyl (C=O) groups is 1. The van der Waals surface area contributed by atoms with E-state index in [0.29, 0.717) is 20.6 Å². The molecule has 1 aliphatic heterocycles. The Morgan fingerprint density at radius 1 is 1.23 bits per heavy atom. The lowest BCUT2D eigenvalue weighted by Gasteiger charge is -2.24. The second-order valence-electron chi connectivity index (χ2n) is 7.75. The fraction of sp³-hybridized carbons (Fsp3) is 0.292. The van der Waals surface area contributed by atoms with Gasteiger partial charge in [0.25, 0.3) is 5.56 Å². The van der Waals surface area contributed by atoms with Gasteiger partial charge < -0.3 is 9.72 Å². The number of hydrogen-bond acceptors (Lipinski definition) is 5. The van der Waals surface area contributed by atoms with E-state index in [1.54, 1.807) is 18.4 Å². The van der Waals surface area contributed by atoms with Crippen LogP contribution in [0.5, 0.6) is 0 Å². The number of esters is 1. The Bertz CT molecular complexity index is 1370.